The summed E-state index contributed by atoms with van der Waals surface area (Å²) in [5.41, 5.74) is 0.580. The lowest BCUT2D eigenvalue weighted by Gasteiger charge is -2.32. The molecular formula is C14H20ClN3O. The lowest BCUT2D eigenvalue weighted by atomic mass is 10.0. The molecule has 0 unspecified atom stereocenters. The van der Waals surface area contributed by atoms with Crippen molar-refractivity contribution < 1.29 is 4.79 Å². The molecule has 0 spiro atoms. The predicted octanol–water partition coefficient (Wildman–Crippen LogP) is 2.34. The molecule has 1 saturated heterocycles. The number of hydrogen-bond acceptors (Lipinski definition) is 3. The second-order valence-electron chi connectivity index (χ2n) is 4.96. The van der Waals surface area contributed by atoms with Gasteiger partial charge in [-0.25, -0.2) is 4.98 Å². The molecule has 5 heteroatoms. The highest BCUT2D eigenvalue weighted by atomic mass is 35.5. The van der Waals surface area contributed by atoms with Crippen molar-refractivity contribution in [1.82, 2.24) is 15.2 Å². The van der Waals surface area contributed by atoms with Gasteiger partial charge in [-0.3, -0.25) is 4.79 Å². The summed E-state index contributed by atoms with van der Waals surface area (Å²) in [7, 11) is 0. The number of amides is 1. The molecule has 1 aliphatic heterocycles. The summed E-state index contributed by atoms with van der Waals surface area (Å²) in [5, 5.41) is 3.43. The molecule has 0 saturated carbocycles. The average Bonchev–Trinajstić information content (AvgIpc) is 2.41. The van der Waals surface area contributed by atoms with E-state index in [0.29, 0.717) is 10.7 Å². The molecule has 2 rings (SSSR count). The second-order valence-corrected chi connectivity index (χ2v) is 5.34. The third-order valence-electron chi connectivity index (χ3n) is 3.45. The Morgan fingerprint density at radius 2 is 2.26 bits per heavy atom. The van der Waals surface area contributed by atoms with Gasteiger partial charge in [-0.15, -0.1) is 0 Å². The quantitative estimate of drug-likeness (QED) is 0.862. The lowest BCUT2D eigenvalue weighted by Crippen LogP contribution is -2.44. The summed E-state index contributed by atoms with van der Waals surface area (Å²) in [6.45, 7) is 5.48. The van der Waals surface area contributed by atoms with Crippen LogP contribution in [0, 0.1) is 0 Å². The Hall–Kier alpha value is -1.13. The number of hydrogen-bond donors (Lipinski definition) is 1. The van der Waals surface area contributed by atoms with Gasteiger partial charge in [0.1, 0.15) is 5.15 Å². The van der Waals surface area contributed by atoms with E-state index in [2.05, 4.69) is 22.1 Å². The van der Waals surface area contributed by atoms with Gasteiger partial charge in [0, 0.05) is 30.9 Å². The van der Waals surface area contributed by atoms with Crippen LogP contribution >= 0.6 is 11.6 Å². The summed E-state index contributed by atoms with van der Waals surface area (Å²) >= 11 is 5.79. The van der Waals surface area contributed by atoms with E-state index < -0.39 is 0 Å². The molecule has 19 heavy (non-hydrogen) atoms. The first-order valence-electron chi connectivity index (χ1n) is 6.84. The van der Waals surface area contributed by atoms with Crippen molar-refractivity contribution in [2.24, 2.45) is 0 Å². The van der Waals surface area contributed by atoms with Crippen LogP contribution in [0.2, 0.25) is 5.15 Å². The number of carbonyl (C=O) groups is 1. The lowest BCUT2D eigenvalue weighted by molar-refractivity contribution is 0.0911. The van der Waals surface area contributed by atoms with Gasteiger partial charge in [-0.2, -0.15) is 0 Å². The molecule has 0 aromatic carbocycles. The van der Waals surface area contributed by atoms with Crippen molar-refractivity contribution in [3.8, 4) is 0 Å². The van der Waals surface area contributed by atoms with Crippen LogP contribution < -0.4 is 5.32 Å². The Kier molecular flexibility index (Phi) is 5.16. The number of pyridine rings is 1. The number of carbonyl (C=O) groups excluding carboxylic acids is 1. The largest absolute Gasteiger partial charge is 0.349 e. The van der Waals surface area contributed by atoms with Gasteiger partial charge < -0.3 is 10.2 Å². The predicted molar refractivity (Wildman–Crippen MR) is 76.5 cm³/mol. The highest BCUT2D eigenvalue weighted by Gasteiger charge is 2.20. The van der Waals surface area contributed by atoms with Crippen LogP contribution in [0.15, 0.2) is 18.3 Å². The highest BCUT2D eigenvalue weighted by Crippen LogP contribution is 2.12. The van der Waals surface area contributed by atoms with Gasteiger partial charge in [-0.05, 0) is 37.9 Å². The summed E-state index contributed by atoms with van der Waals surface area (Å²) in [6.07, 6.45) is 4.78. The molecule has 1 aromatic rings. The number of rotatable bonds is 4. The van der Waals surface area contributed by atoms with Gasteiger partial charge in [-0.1, -0.05) is 18.5 Å². The maximum absolute atomic E-state index is 12.1. The Labute approximate surface area is 119 Å². The van der Waals surface area contributed by atoms with Gasteiger partial charge in [0.25, 0.3) is 5.91 Å². The fourth-order valence-electron chi connectivity index (χ4n) is 2.43. The standard InChI is InChI=1S/C14H20ClN3O/c1-2-7-18-8-4-12(5-9-18)17-14(19)11-3-6-16-13(15)10-11/h3,6,10,12H,2,4-5,7-9H2,1H3,(H,17,19). The average molecular weight is 282 g/mol. The van der Waals surface area contributed by atoms with Gasteiger partial charge in [0.15, 0.2) is 0 Å². The molecule has 0 aliphatic carbocycles. The maximum Gasteiger partial charge on any atom is 0.251 e. The fraction of sp³-hybridized carbons (Fsp3) is 0.571. The molecule has 2 heterocycles. The molecular weight excluding hydrogens is 262 g/mol. The number of piperidine rings is 1. The van der Waals surface area contributed by atoms with Crippen LogP contribution in [0.3, 0.4) is 0 Å². The maximum atomic E-state index is 12.1. The van der Waals surface area contributed by atoms with Crippen molar-refractivity contribution in [3.63, 3.8) is 0 Å². The molecule has 0 atom stereocenters. The monoisotopic (exact) mass is 281 g/mol. The number of nitrogens with zero attached hydrogens (tertiary/aromatic N) is 2. The van der Waals surface area contributed by atoms with E-state index in [-0.39, 0.29) is 11.9 Å². The van der Waals surface area contributed by atoms with E-state index in [1.165, 1.54) is 6.42 Å². The molecule has 4 nitrogen and oxygen atoms in total. The zero-order chi connectivity index (χ0) is 13.7. The normalized spacial score (nSPS) is 17.4. The summed E-state index contributed by atoms with van der Waals surface area (Å²) in [4.78, 5) is 18.4. The van der Waals surface area contributed by atoms with Crippen LogP contribution in [0.25, 0.3) is 0 Å². The molecule has 1 aromatic heterocycles. The topological polar surface area (TPSA) is 45.2 Å². The first-order chi connectivity index (χ1) is 9.19. The molecule has 1 fully saturated rings. The van der Waals surface area contributed by atoms with Crippen LogP contribution in [-0.4, -0.2) is 41.5 Å². The van der Waals surface area contributed by atoms with Crippen molar-refractivity contribution in [3.05, 3.63) is 29.0 Å². The Morgan fingerprint density at radius 3 is 2.89 bits per heavy atom. The number of halogens is 1. The van der Waals surface area contributed by atoms with Crippen LogP contribution in [0.1, 0.15) is 36.5 Å². The minimum Gasteiger partial charge on any atom is -0.349 e. The third kappa shape index (κ3) is 4.18. The molecule has 1 aliphatic rings. The minimum atomic E-state index is -0.0572. The summed E-state index contributed by atoms with van der Waals surface area (Å²) in [5.74, 6) is -0.0572. The van der Waals surface area contributed by atoms with E-state index in [1.54, 1.807) is 18.3 Å². The van der Waals surface area contributed by atoms with Gasteiger partial charge >= 0.3 is 0 Å². The number of likely N-dealkylation sites (tertiary alicyclic amines) is 1. The first-order valence-corrected chi connectivity index (χ1v) is 7.21. The summed E-state index contributed by atoms with van der Waals surface area (Å²) < 4.78 is 0. The number of nitrogens with one attached hydrogen (secondary N) is 1. The fourth-order valence-corrected chi connectivity index (χ4v) is 2.60. The smallest absolute Gasteiger partial charge is 0.251 e. The molecule has 1 amide bonds. The third-order valence-corrected chi connectivity index (χ3v) is 3.66. The van der Waals surface area contributed by atoms with Crippen molar-refractivity contribution in [1.29, 1.82) is 0 Å². The zero-order valence-corrected chi connectivity index (χ0v) is 12.0. The van der Waals surface area contributed by atoms with E-state index in [9.17, 15) is 4.79 Å². The van der Waals surface area contributed by atoms with Gasteiger partial charge in [0.05, 0.1) is 0 Å². The molecule has 104 valence electrons. The Balaban J connectivity index is 1.84. The van der Waals surface area contributed by atoms with E-state index in [0.717, 1.165) is 32.5 Å². The molecule has 0 radical (unpaired) electrons. The second kappa shape index (κ2) is 6.87. The van der Waals surface area contributed by atoms with Crippen molar-refractivity contribution in [2.75, 3.05) is 19.6 Å². The number of aromatic nitrogens is 1. The van der Waals surface area contributed by atoms with Crippen LogP contribution in [-0.2, 0) is 0 Å². The van der Waals surface area contributed by atoms with E-state index in [4.69, 9.17) is 11.6 Å². The SMILES string of the molecule is CCCN1CCC(NC(=O)c2ccnc(Cl)c2)CC1. The van der Waals surface area contributed by atoms with Crippen molar-refractivity contribution >= 4 is 17.5 Å². The Morgan fingerprint density at radius 1 is 1.53 bits per heavy atom. The van der Waals surface area contributed by atoms with Crippen LogP contribution in [0.4, 0.5) is 0 Å². The molecule has 0 bridgehead atoms. The van der Waals surface area contributed by atoms with Gasteiger partial charge in [0.2, 0.25) is 0 Å². The van der Waals surface area contributed by atoms with E-state index >= 15 is 0 Å². The summed E-state index contributed by atoms with van der Waals surface area (Å²) in [6, 6.07) is 3.56. The van der Waals surface area contributed by atoms with Crippen molar-refractivity contribution in [2.45, 2.75) is 32.2 Å². The zero-order valence-electron chi connectivity index (χ0n) is 11.2. The Bertz CT molecular complexity index is 430. The van der Waals surface area contributed by atoms with Crippen LogP contribution in [0.5, 0.6) is 0 Å². The van der Waals surface area contributed by atoms with E-state index in [1.807, 2.05) is 0 Å². The first kappa shape index (κ1) is 14.3. The molecule has 1 N–H and O–H groups in total. The minimum absolute atomic E-state index is 0.0572. The highest BCUT2D eigenvalue weighted by molar-refractivity contribution is 6.29.